The largest absolute Gasteiger partial charge is 0.310 e. The number of nitrogens with two attached hydrogens (primary N) is 1. The van der Waals surface area contributed by atoms with Crippen molar-refractivity contribution in [3.05, 3.63) is 54.1 Å². The molecular formula is C22H31N3O4S2. The molecule has 0 saturated heterocycles. The zero-order valence-electron chi connectivity index (χ0n) is 17.8. The average molecular weight is 466 g/mol. The number of primary sulfonamides is 1. The molecule has 1 saturated carbocycles. The second-order valence-electron chi connectivity index (χ2n) is 8.30. The Hall–Kier alpha value is -1.94. The summed E-state index contributed by atoms with van der Waals surface area (Å²) in [5, 5.41) is 8.60. The number of rotatable bonds is 9. The second kappa shape index (κ2) is 10.1. The highest BCUT2D eigenvalue weighted by atomic mass is 32.2. The van der Waals surface area contributed by atoms with E-state index in [-0.39, 0.29) is 9.79 Å². The van der Waals surface area contributed by atoms with Crippen molar-refractivity contribution in [1.29, 1.82) is 0 Å². The topological polar surface area (TPSA) is 118 Å². The molecule has 2 aromatic carbocycles. The summed E-state index contributed by atoms with van der Waals surface area (Å²) in [6.07, 6.45) is 7.71. The summed E-state index contributed by atoms with van der Waals surface area (Å²) >= 11 is 0. The van der Waals surface area contributed by atoms with Gasteiger partial charge < -0.3 is 5.32 Å². The van der Waals surface area contributed by atoms with Crippen LogP contribution in [-0.4, -0.2) is 22.9 Å². The van der Waals surface area contributed by atoms with E-state index in [2.05, 4.69) is 17.0 Å². The lowest BCUT2D eigenvalue weighted by atomic mass is 9.85. The molecule has 0 unspecified atom stereocenters. The van der Waals surface area contributed by atoms with Crippen LogP contribution in [0.25, 0.3) is 0 Å². The van der Waals surface area contributed by atoms with Crippen LogP contribution >= 0.6 is 0 Å². The lowest BCUT2D eigenvalue weighted by molar-refractivity contribution is 0.305. The quantitative estimate of drug-likeness (QED) is 0.523. The van der Waals surface area contributed by atoms with Crippen LogP contribution in [0.1, 0.15) is 51.0 Å². The minimum absolute atomic E-state index is 0.0340. The van der Waals surface area contributed by atoms with Gasteiger partial charge in [0.05, 0.1) is 15.5 Å². The molecule has 7 nitrogen and oxygen atoms in total. The lowest BCUT2D eigenvalue weighted by Crippen LogP contribution is -2.29. The first-order valence-corrected chi connectivity index (χ1v) is 13.6. The van der Waals surface area contributed by atoms with Gasteiger partial charge >= 0.3 is 0 Å². The number of hydrogen-bond donors (Lipinski definition) is 3. The standard InChI is InChI=1S/C22H31N3O4S2/c1-17(15-18-7-3-2-4-8-18)24-16-19-9-5-6-10-22(19)25-31(28,29)21-13-11-20(12-14-21)30(23,26)27/h5-6,9-14,17-18,24-25H,2-4,7-8,15-16H2,1H3,(H2,23,26,27)/t17-/m0/s1. The van der Waals surface area contributed by atoms with E-state index < -0.39 is 20.0 Å². The monoisotopic (exact) mass is 465 g/mol. The van der Waals surface area contributed by atoms with Gasteiger partial charge in [-0.1, -0.05) is 50.3 Å². The highest BCUT2D eigenvalue weighted by molar-refractivity contribution is 7.92. The average Bonchev–Trinajstić information content (AvgIpc) is 2.73. The Balaban J connectivity index is 1.66. The molecule has 1 aliphatic carbocycles. The predicted octanol–water partition coefficient (Wildman–Crippen LogP) is 3.58. The van der Waals surface area contributed by atoms with E-state index in [1.807, 2.05) is 12.1 Å². The normalized spacial score (nSPS) is 16.7. The van der Waals surface area contributed by atoms with Crippen molar-refractivity contribution < 1.29 is 16.8 Å². The molecule has 170 valence electrons. The van der Waals surface area contributed by atoms with Gasteiger partial charge in [0.25, 0.3) is 10.0 Å². The summed E-state index contributed by atoms with van der Waals surface area (Å²) in [5.41, 5.74) is 1.35. The maximum atomic E-state index is 12.8. The fourth-order valence-corrected chi connectivity index (χ4v) is 5.69. The van der Waals surface area contributed by atoms with Crippen molar-refractivity contribution in [3.8, 4) is 0 Å². The fourth-order valence-electron chi connectivity index (χ4n) is 4.08. The van der Waals surface area contributed by atoms with Crippen LogP contribution in [0.2, 0.25) is 0 Å². The summed E-state index contributed by atoms with van der Waals surface area (Å²) < 4.78 is 51.0. The van der Waals surface area contributed by atoms with Crippen molar-refractivity contribution in [2.75, 3.05) is 4.72 Å². The van der Waals surface area contributed by atoms with Crippen molar-refractivity contribution >= 4 is 25.7 Å². The molecule has 1 atom stereocenters. The van der Waals surface area contributed by atoms with Crippen molar-refractivity contribution in [2.45, 2.75) is 67.8 Å². The minimum atomic E-state index is -3.88. The number of sulfonamides is 2. The molecule has 0 spiro atoms. The summed E-state index contributed by atoms with van der Waals surface area (Å²) in [6, 6.07) is 12.4. The number of nitrogens with one attached hydrogen (secondary N) is 2. The molecule has 0 aliphatic heterocycles. The van der Waals surface area contributed by atoms with E-state index in [0.29, 0.717) is 18.3 Å². The molecule has 0 amide bonds. The van der Waals surface area contributed by atoms with Crippen LogP contribution in [0.3, 0.4) is 0 Å². The van der Waals surface area contributed by atoms with Gasteiger partial charge in [-0.2, -0.15) is 0 Å². The molecule has 9 heteroatoms. The molecule has 0 heterocycles. The number of benzene rings is 2. The lowest BCUT2D eigenvalue weighted by Gasteiger charge is -2.25. The van der Waals surface area contributed by atoms with Crippen LogP contribution in [0.5, 0.6) is 0 Å². The van der Waals surface area contributed by atoms with E-state index in [9.17, 15) is 16.8 Å². The Morgan fingerprint density at radius 1 is 0.935 bits per heavy atom. The van der Waals surface area contributed by atoms with Crippen LogP contribution < -0.4 is 15.2 Å². The van der Waals surface area contributed by atoms with Gasteiger partial charge in [0.2, 0.25) is 10.0 Å². The van der Waals surface area contributed by atoms with Gasteiger partial charge in [0, 0.05) is 12.6 Å². The van der Waals surface area contributed by atoms with E-state index in [1.54, 1.807) is 12.1 Å². The molecule has 1 aliphatic rings. The van der Waals surface area contributed by atoms with Gasteiger partial charge in [-0.3, -0.25) is 4.72 Å². The van der Waals surface area contributed by atoms with E-state index in [1.165, 1.54) is 56.4 Å². The number of para-hydroxylation sites is 1. The predicted molar refractivity (Wildman–Crippen MR) is 123 cm³/mol. The molecule has 4 N–H and O–H groups in total. The molecule has 2 aromatic rings. The van der Waals surface area contributed by atoms with Gasteiger partial charge in [-0.15, -0.1) is 0 Å². The highest BCUT2D eigenvalue weighted by Crippen LogP contribution is 2.27. The molecule has 0 radical (unpaired) electrons. The van der Waals surface area contributed by atoms with E-state index in [0.717, 1.165) is 17.9 Å². The van der Waals surface area contributed by atoms with Gasteiger partial charge in [-0.05, 0) is 55.2 Å². The smallest absolute Gasteiger partial charge is 0.261 e. The third kappa shape index (κ3) is 6.77. The van der Waals surface area contributed by atoms with Crippen LogP contribution in [0.4, 0.5) is 5.69 Å². The summed E-state index contributed by atoms with van der Waals surface area (Å²) in [7, 11) is -7.75. The van der Waals surface area contributed by atoms with Crippen LogP contribution in [-0.2, 0) is 26.6 Å². The maximum Gasteiger partial charge on any atom is 0.261 e. The molecular weight excluding hydrogens is 434 g/mol. The Kier molecular flexibility index (Phi) is 7.74. The molecule has 3 rings (SSSR count). The van der Waals surface area contributed by atoms with Crippen molar-refractivity contribution in [2.24, 2.45) is 11.1 Å². The zero-order valence-corrected chi connectivity index (χ0v) is 19.4. The summed E-state index contributed by atoms with van der Waals surface area (Å²) in [4.78, 5) is -0.170. The second-order valence-corrected chi connectivity index (χ2v) is 11.5. The number of anilines is 1. The van der Waals surface area contributed by atoms with Crippen molar-refractivity contribution in [1.82, 2.24) is 5.32 Å². The maximum absolute atomic E-state index is 12.8. The van der Waals surface area contributed by atoms with Gasteiger partial charge in [0.1, 0.15) is 0 Å². The van der Waals surface area contributed by atoms with Crippen LogP contribution in [0.15, 0.2) is 58.3 Å². The minimum Gasteiger partial charge on any atom is -0.310 e. The first-order valence-electron chi connectivity index (χ1n) is 10.6. The molecule has 31 heavy (non-hydrogen) atoms. The first kappa shape index (κ1) is 23.7. The third-order valence-electron chi connectivity index (χ3n) is 5.78. The Morgan fingerprint density at radius 3 is 2.19 bits per heavy atom. The fraction of sp³-hybridized carbons (Fsp3) is 0.455. The van der Waals surface area contributed by atoms with Gasteiger partial charge in [-0.25, -0.2) is 22.0 Å². The molecule has 0 aromatic heterocycles. The van der Waals surface area contributed by atoms with Crippen LogP contribution in [0, 0.1) is 5.92 Å². The summed E-state index contributed by atoms with van der Waals surface area (Å²) in [5.74, 6) is 0.769. The number of hydrogen-bond acceptors (Lipinski definition) is 5. The van der Waals surface area contributed by atoms with Crippen molar-refractivity contribution in [3.63, 3.8) is 0 Å². The van der Waals surface area contributed by atoms with E-state index in [4.69, 9.17) is 5.14 Å². The molecule has 1 fully saturated rings. The highest BCUT2D eigenvalue weighted by Gasteiger charge is 2.19. The Labute approximate surface area is 185 Å². The first-order chi connectivity index (χ1) is 14.6. The Bertz CT molecular complexity index is 1080. The zero-order chi connectivity index (χ0) is 22.5. The Morgan fingerprint density at radius 2 is 1.55 bits per heavy atom. The van der Waals surface area contributed by atoms with Gasteiger partial charge in [0.15, 0.2) is 0 Å². The third-order valence-corrected chi connectivity index (χ3v) is 8.09. The SMILES string of the molecule is C[C@@H](CC1CCCCC1)NCc1ccccc1NS(=O)(=O)c1ccc(S(N)(=O)=O)cc1. The molecule has 0 bridgehead atoms. The summed E-state index contributed by atoms with van der Waals surface area (Å²) in [6.45, 7) is 2.73. The van der Waals surface area contributed by atoms with E-state index >= 15 is 0 Å².